The van der Waals surface area contributed by atoms with Crippen LogP contribution in [0.5, 0.6) is 0 Å². The van der Waals surface area contributed by atoms with E-state index in [4.69, 9.17) is 0 Å². The number of carbonyl (C=O) groups excluding carboxylic acids is 2. The number of halogens is 3. The first-order valence-electron chi connectivity index (χ1n) is 8.00. The molecule has 1 aromatic carbocycles. The molecule has 26 heavy (non-hydrogen) atoms. The first kappa shape index (κ1) is 18.0. The molecule has 0 unspecified atom stereocenters. The zero-order valence-corrected chi connectivity index (χ0v) is 13.9. The zero-order chi connectivity index (χ0) is 18.9. The molecule has 0 radical (unpaired) electrons. The molecule has 138 valence electrons. The minimum absolute atomic E-state index is 0.0308. The minimum Gasteiger partial charge on any atom is -0.346 e. The topological polar surface area (TPSA) is 78.1 Å². The molecular formula is C17H17F3N4O2. The molecule has 3 rings (SSSR count). The lowest BCUT2D eigenvalue weighted by Crippen LogP contribution is -2.37. The summed E-state index contributed by atoms with van der Waals surface area (Å²) in [6.07, 6.45) is -4.44. The number of hydrogen-bond acceptors (Lipinski definition) is 3. The number of rotatable bonds is 4. The van der Waals surface area contributed by atoms with Crippen molar-refractivity contribution >= 4 is 11.8 Å². The molecule has 2 N–H and O–H groups in total. The summed E-state index contributed by atoms with van der Waals surface area (Å²) < 4.78 is 39.3. The number of nitrogens with one attached hydrogen (secondary N) is 2. The van der Waals surface area contributed by atoms with Crippen molar-refractivity contribution in [2.24, 2.45) is 0 Å². The van der Waals surface area contributed by atoms with E-state index >= 15 is 0 Å². The van der Waals surface area contributed by atoms with Gasteiger partial charge in [0.05, 0.1) is 11.6 Å². The van der Waals surface area contributed by atoms with Gasteiger partial charge < -0.3 is 10.2 Å². The average molecular weight is 366 g/mol. The largest absolute Gasteiger partial charge is 0.416 e. The van der Waals surface area contributed by atoms with Crippen LogP contribution in [-0.4, -0.2) is 39.5 Å². The summed E-state index contributed by atoms with van der Waals surface area (Å²) in [7, 11) is 0. The van der Waals surface area contributed by atoms with E-state index in [2.05, 4.69) is 15.5 Å². The first-order chi connectivity index (χ1) is 12.2. The van der Waals surface area contributed by atoms with Crippen LogP contribution >= 0.6 is 0 Å². The number of H-pyrrole nitrogens is 1. The molecule has 2 aromatic rings. The second-order valence-corrected chi connectivity index (χ2v) is 6.24. The number of aryl methyl sites for hydroxylation is 1. The molecular weight excluding hydrogens is 349 g/mol. The van der Waals surface area contributed by atoms with Gasteiger partial charge in [-0.25, -0.2) is 0 Å². The Morgan fingerprint density at radius 3 is 2.77 bits per heavy atom. The van der Waals surface area contributed by atoms with Crippen molar-refractivity contribution in [1.82, 2.24) is 20.4 Å². The van der Waals surface area contributed by atoms with E-state index in [0.717, 1.165) is 11.8 Å². The predicted octanol–water partition coefficient (Wildman–Crippen LogP) is 2.27. The summed E-state index contributed by atoms with van der Waals surface area (Å²) in [4.78, 5) is 25.6. The van der Waals surface area contributed by atoms with Crippen LogP contribution < -0.4 is 5.32 Å². The summed E-state index contributed by atoms with van der Waals surface area (Å²) in [5.74, 6) is -0.727. The van der Waals surface area contributed by atoms with Crippen LogP contribution in [0.2, 0.25) is 0 Å². The Morgan fingerprint density at radius 1 is 1.38 bits per heavy atom. The first-order valence-corrected chi connectivity index (χ1v) is 8.00. The SMILES string of the molecule is Cc1cc(C(=O)N[C@H]2CC(=O)N(Cc3ccccc3C(F)(F)F)C2)n[nH]1. The average Bonchev–Trinajstić information content (AvgIpc) is 3.13. The number of amides is 2. The van der Waals surface area contributed by atoms with Gasteiger partial charge in [0.1, 0.15) is 5.69 Å². The van der Waals surface area contributed by atoms with Crippen LogP contribution in [0.15, 0.2) is 30.3 Å². The third-order valence-corrected chi connectivity index (χ3v) is 4.17. The van der Waals surface area contributed by atoms with E-state index in [1.807, 2.05) is 0 Å². The lowest BCUT2D eigenvalue weighted by molar-refractivity contribution is -0.139. The van der Waals surface area contributed by atoms with E-state index in [9.17, 15) is 22.8 Å². The van der Waals surface area contributed by atoms with Gasteiger partial charge in [-0.1, -0.05) is 18.2 Å². The Hall–Kier alpha value is -2.84. The fourth-order valence-electron chi connectivity index (χ4n) is 2.96. The maximum absolute atomic E-state index is 13.1. The summed E-state index contributed by atoms with van der Waals surface area (Å²) >= 11 is 0. The highest BCUT2D eigenvalue weighted by Crippen LogP contribution is 2.32. The maximum atomic E-state index is 13.1. The number of aromatic nitrogens is 2. The lowest BCUT2D eigenvalue weighted by atomic mass is 10.1. The molecule has 9 heteroatoms. The second kappa shape index (κ2) is 6.81. The highest BCUT2D eigenvalue weighted by molar-refractivity contribution is 5.93. The van der Waals surface area contributed by atoms with Gasteiger partial charge in [-0.15, -0.1) is 0 Å². The number of nitrogens with zero attached hydrogens (tertiary/aromatic N) is 2. The van der Waals surface area contributed by atoms with Crippen molar-refractivity contribution in [2.75, 3.05) is 6.54 Å². The summed E-state index contributed by atoms with van der Waals surface area (Å²) in [5, 5.41) is 9.19. The second-order valence-electron chi connectivity index (χ2n) is 6.24. The highest BCUT2D eigenvalue weighted by Gasteiger charge is 2.36. The molecule has 2 heterocycles. The van der Waals surface area contributed by atoms with Crippen molar-refractivity contribution in [3.63, 3.8) is 0 Å². The number of hydrogen-bond donors (Lipinski definition) is 2. The quantitative estimate of drug-likeness (QED) is 0.871. The predicted molar refractivity (Wildman–Crippen MR) is 86.1 cm³/mol. The zero-order valence-electron chi connectivity index (χ0n) is 13.9. The Bertz CT molecular complexity index is 831. The van der Waals surface area contributed by atoms with Crippen LogP contribution in [0.25, 0.3) is 0 Å². The van der Waals surface area contributed by atoms with Gasteiger partial charge in [-0.05, 0) is 24.6 Å². The molecule has 1 aromatic heterocycles. The summed E-state index contributed by atoms with van der Waals surface area (Å²) in [6, 6.07) is 6.27. The van der Waals surface area contributed by atoms with Crippen molar-refractivity contribution in [3.8, 4) is 0 Å². The Morgan fingerprint density at radius 2 is 2.12 bits per heavy atom. The van der Waals surface area contributed by atoms with E-state index in [-0.39, 0.29) is 36.7 Å². The molecule has 1 fully saturated rings. The monoisotopic (exact) mass is 366 g/mol. The summed E-state index contributed by atoms with van der Waals surface area (Å²) in [5.41, 5.74) is 0.203. The number of alkyl halides is 3. The third-order valence-electron chi connectivity index (χ3n) is 4.17. The fraction of sp³-hybridized carbons (Fsp3) is 0.353. The molecule has 1 aliphatic rings. The number of aromatic amines is 1. The van der Waals surface area contributed by atoms with Crippen LogP contribution in [0.3, 0.4) is 0 Å². The van der Waals surface area contributed by atoms with Gasteiger partial charge >= 0.3 is 6.18 Å². The standard InChI is InChI=1S/C17H17F3N4O2/c1-10-6-14(23-22-10)16(26)21-12-7-15(25)24(9-12)8-11-4-2-3-5-13(11)17(18,19)20/h2-6,12H,7-9H2,1H3,(H,21,26)(H,22,23)/t12-/m0/s1. The maximum Gasteiger partial charge on any atom is 0.416 e. The molecule has 1 aliphatic heterocycles. The molecule has 0 spiro atoms. The van der Waals surface area contributed by atoms with Gasteiger partial charge in [0, 0.05) is 25.2 Å². The van der Waals surface area contributed by atoms with Gasteiger partial charge in [0.25, 0.3) is 5.91 Å². The number of benzene rings is 1. The van der Waals surface area contributed by atoms with E-state index < -0.39 is 23.7 Å². The highest BCUT2D eigenvalue weighted by atomic mass is 19.4. The number of likely N-dealkylation sites (tertiary alicyclic amines) is 1. The molecule has 2 amide bonds. The summed E-state index contributed by atoms with van der Waals surface area (Å²) in [6.45, 7) is 1.76. The molecule has 0 aliphatic carbocycles. The van der Waals surface area contributed by atoms with Crippen LogP contribution in [0.4, 0.5) is 13.2 Å². The van der Waals surface area contributed by atoms with Crippen molar-refractivity contribution in [2.45, 2.75) is 32.1 Å². The fourth-order valence-corrected chi connectivity index (χ4v) is 2.96. The Balaban J connectivity index is 1.67. The Labute approximate surface area is 147 Å². The van der Waals surface area contributed by atoms with Crippen molar-refractivity contribution in [3.05, 3.63) is 52.8 Å². The minimum atomic E-state index is -4.48. The van der Waals surface area contributed by atoms with Gasteiger partial charge in [-0.3, -0.25) is 14.7 Å². The molecule has 0 saturated carbocycles. The van der Waals surface area contributed by atoms with E-state index in [1.165, 1.54) is 23.1 Å². The van der Waals surface area contributed by atoms with Crippen LogP contribution in [0, 0.1) is 6.92 Å². The smallest absolute Gasteiger partial charge is 0.346 e. The Kier molecular flexibility index (Phi) is 4.71. The normalized spacial score (nSPS) is 17.6. The van der Waals surface area contributed by atoms with Gasteiger partial charge in [-0.2, -0.15) is 18.3 Å². The van der Waals surface area contributed by atoms with Crippen molar-refractivity contribution in [1.29, 1.82) is 0 Å². The molecule has 1 saturated heterocycles. The van der Waals surface area contributed by atoms with E-state index in [1.54, 1.807) is 13.0 Å². The number of carbonyl (C=O) groups is 2. The van der Waals surface area contributed by atoms with Crippen LogP contribution in [-0.2, 0) is 17.5 Å². The lowest BCUT2D eigenvalue weighted by Gasteiger charge is -2.20. The van der Waals surface area contributed by atoms with Gasteiger partial charge in [0.2, 0.25) is 5.91 Å². The molecule has 1 atom stereocenters. The van der Waals surface area contributed by atoms with Crippen LogP contribution in [0.1, 0.15) is 33.7 Å². The molecule has 6 nitrogen and oxygen atoms in total. The van der Waals surface area contributed by atoms with E-state index in [0.29, 0.717) is 0 Å². The van der Waals surface area contributed by atoms with Gasteiger partial charge in [0.15, 0.2) is 0 Å². The molecule has 0 bridgehead atoms. The van der Waals surface area contributed by atoms with Crippen molar-refractivity contribution < 1.29 is 22.8 Å². The third kappa shape index (κ3) is 3.87.